The Hall–Kier alpha value is -0.110. The van der Waals surface area contributed by atoms with E-state index in [2.05, 4.69) is 5.32 Å². The Morgan fingerprint density at radius 2 is 1.85 bits per heavy atom. The van der Waals surface area contributed by atoms with Crippen molar-refractivity contribution in [3.63, 3.8) is 0 Å². The van der Waals surface area contributed by atoms with E-state index in [1.807, 2.05) is 0 Å². The fourth-order valence-corrected chi connectivity index (χ4v) is 2.89. The Balaban J connectivity index is 1.48. The number of halogens is 1. The second kappa shape index (κ2) is 2.47. The average molecular weight is 183 g/mol. The first-order valence-corrected chi connectivity index (χ1v) is 5.65. The SMILES string of the molecule is FC1(CNC2CC23CCCC3)CC1. The van der Waals surface area contributed by atoms with Gasteiger partial charge < -0.3 is 5.32 Å². The second-order valence-corrected chi connectivity index (χ2v) is 5.36. The maximum atomic E-state index is 13.3. The van der Waals surface area contributed by atoms with Gasteiger partial charge in [-0.2, -0.15) is 0 Å². The maximum absolute atomic E-state index is 13.3. The molecule has 0 bridgehead atoms. The predicted octanol–water partition coefficient (Wildman–Crippen LogP) is 2.41. The van der Waals surface area contributed by atoms with Crippen LogP contribution in [0, 0.1) is 5.41 Å². The monoisotopic (exact) mass is 183 g/mol. The summed E-state index contributed by atoms with van der Waals surface area (Å²) in [5.74, 6) is 0. The molecule has 74 valence electrons. The Labute approximate surface area is 79.1 Å². The average Bonchev–Trinajstić information content (AvgIpc) is 2.90. The van der Waals surface area contributed by atoms with Crippen molar-refractivity contribution in [2.24, 2.45) is 5.41 Å². The predicted molar refractivity (Wildman–Crippen MR) is 50.4 cm³/mol. The standard InChI is InChI=1S/C11H18FN/c12-11(5-6-11)8-13-9-7-10(9)3-1-2-4-10/h9,13H,1-8H2. The van der Waals surface area contributed by atoms with E-state index in [0.29, 0.717) is 18.0 Å². The third-order valence-electron chi connectivity index (χ3n) is 4.25. The highest BCUT2D eigenvalue weighted by atomic mass is 19.1. The normalized spacial score (nSPS) is 38.1. The molecule has 0 amide bonds. The molecule has 0 aromatic heterocycles. The quantitative estimate of drug-likeness (QED) is 0.708. The van der Waals surface area contributed by atoms with Crippen LogP contribution < -0.4 is 5.32 Å². The summed E-state index contributed by atoms with van der Waals surface area (Å²) in [6.45, 7) is 0.624. The largest absolute Gasteiger partial charge is 0.310 e. The molecule has 3 rings (SSSR count). The minimum Gasteiger partial charge on any atom is -0.310 e. The van der Waals surface area contributed by atoms with Crippen LogP contribution in [0.3, 0.4) is 0 Å². The van der Waals surface area contributed by atoms with Crippen LogP contribution in [-0.4, -0.2) is 18.3 Å². The van der Waals surface area contributed by atoms with Gasteiger partial charge in [0.15, 0.2) is 0 Å². The smallest absolute Gasteiger partial charge is 0.123 e. The van der Waals surface area contributed by atoms with Gasteiger partial charge in [0.25, 0.3) is 0 Å². The first-order chi connectivity index (χ1) is 6.23. The summed E-state index contributed by atoms with van der Waals surface area (Å²) in [6.07, 6.45) is 8.49. The van der Waals surface area contributed by atoms with Crippen molar-refractivity contribution in [2.75, 3.05) is 6.54 Å². The van der Waals surface area contributed by atoms with Gasteiger partial charge in [-0.25, -0.2) is 4.39 Å². The van der Waals surface area contributed by atoms with Crippen molar-refractivity contribution in [3.8, 4) is 0 Å². The third-order valence-corrected chi connectivity index (χ3v) is 4.25. The Morgan fingerprint density at radius 1 is 1.15 bits per heavy atom. The first-order valence-electron chi connectivity index (χ1n) is 5.65. The lowest BCUT2D eigenvalue weighted by Crippen LogP contribution is -2.29. The molecular weight excluding hydrogens is 165 g/mol. The minimum atomic E-state index is -0.803. The summed E-state index contributed by atoms with van der Waals surface area (Å²) in [5.41, 5.74) is -0.173. The highest BCUT2D eigenvalue weighted by molar-refractivity contribution is 5.11. The summed E-state index contributed by atoms with van der Waals surface area (Å²) < 4.78 is 13.3. The topological polar surface area (TPSA) is 12.0 Å². The van der Waals surface area contributed by atoms with Crippen molar-refractivity contribution in [2.45, 2.75) is 56.7 Å². The fraction of sp³-hybridized carbons (Fsp3) is 1.00. The molecule has 3 aliphatic carbocycles. The molecule has 0 aromatic rings. The van der Waals surface area contributed by atoms with Crippen molar-refractivity contribution < 1.29 is 4.39 Å². The Kier molecular flexibility index (Phi) is 1.56. The van der Waals surface area contributed by atoms with Gasteiger partial charge in [0.2, 0.25) is 0 Å². The molecule has 0 aliphatic heterocycles. The van der Waals surface area contributed by atoms with Crippen LogP contribution in [0.5, 0.6) is 0 Å². The third kappa shape index (κ3) is 1.39. The van der Waals surface area contributed by atoms with Crippen molar-refractivity contribution in [1.82, 2.24) is 5.32 Å². The number of hydrogen-bond donors (Lipinski definition) is 1. The summed E-state index contributed by atoms with van der Waals surface area (Å²) >= 11 is 0. The number of hydrogen-bond acceptors (Lipinski definition) is 1. The van der Waals surface area contributed by atoms with E-state index in [4.69, 9.17) is 0 Å². The highest BCUT2D eigenvalue weighted by Gasteiger charge is 2.56. The van der Waals surface area contributed by atoms with Crippen LogP contribution in [0.15, 0.2) is 0 Å². The maximum Gasteiger partial charge on any atom is 0.123 e. The first kappa shape index (κ1) is 8.22. The molecule has 1 nitrogen and oxygen atoms in total. The molecule has 0 aromatic carbocycles. The molecule has 1 atom stereocenters. The van der Waals surface area contributed by atoms with Crippen LogP contribution in [0.1, 0.15) is 44.9 Å². The van der Waals surface area contributed by atoms with E-state index in [0.717, 1.165) is 12.8 Å². The molecule has 3 saturated carbocycles. The molecule has 1 unspecified atom stereocenters. The lowest BCUT2D eigenvalue weighted by Gasteiger charge is -2.11. The molecule has 3 fully saturated rings. The molecule has 1 spiro atoms. The molecule has 0 radical (unpaired) electrons. The Morgan fingerprint density at radius 3 is 2.46 bits per heavy atom. The van der Waals surface area contributed by atoms with Crippen LogP contribution in [0.2, 0.25) is 0 Å². The van der Waals surface area contributed by atoms with Crippen LogP contribution in [0.4, 0.5) is 4.39 Å². The van der Waals surface area contributed by atoms with Gasteiger partial charge >= 0.3 is 0 Å². The van der Waals surface area contributed by atoms with Crippen molar-refractivity contribution >= 4 is 0 Å². The van der Waals surface area contributed by atoms with Crippen LogP contribution in [-0.2, 0) is 0 Å². The molecule has 0 saturated heterocycles. The summed E-state index contributed by atoms with van der Waals surface area (Å²) in [5, 5.41) is 3.42. The van der Waals surface area contributed by atoms with E-state index >= 15 is 0 Å². The van der Waals surface area contributed by atoms with Crippen molar-refractivity contribution in [1.29, 1.82) is 0 Å². The summed E-state index contributed by atoms with van der Waals surface area (Å²) in [4.78, 5) is 0. The van der Waals surface area contributed by atoms with Crippen LogP contribution >= 0.6 is 0 Å². The number of rotatable bonds is 3. The van der Waals surface area contributed by atoms with E-state index in [1.165, 1.54) is 32.1 Å². The van der Waals surface area contributed by atoms with Gasteiger partial charge in [0.05, 0.1) is 0 Å². The summed E-state index contributed by atoms with van der Waals surface area (Å²) in [7, 11) is 0. The Bertz CT molecular complexity index is 216. The zero-order chi connectivity index (χ0) is 8.94. The molecule has 1 N–H and O–H groups in total. The zero-order valence-electron chi connectivity index (χ0n) is 8.11. The van der Waals surface area contributed by atoms with Crippen molar-refractivity contribution in [3.05, 3.63) is 0 Å². The lowest BCUT2D eigenvalue weighted by atomic mass is 10.1. The summed E-state index contributed by atoms with van der Waals surface area (Å²) in [6, 6.07) is 0.670. The van der Waals surface area contributed by atoms with Gasteiger partial charge in [-0.05, 0) is 37.5 Å². The van der Waals surface area contributed by atoms with Crippen LogP contribution in [0.25, 0.3) is 0 Å². The van der Waals surface area contributed by atoms with Gasteiger partial charge in [-0.15, -0.1) is 0 Å². The zero-order valence-corrected chi connectivity index (χ0v) is 8.11. The molecule has 13 heavy (non-hydrogen) atoms. The number of alkyl halides is 1. The van der Waals surface area contributed by atoms with E-state index in [9.17, 15) is 4.39 Å². The van der Waals surface area contributed by atoms with E-state index in [1.54, 1.807) is 0 Å². The molecular formula is C11H18FN. The van der Waals surface area contributed by atoms with E-state index in [-0.39, 0.29) is 0 Å². The van der Waals surface area contributed by atoms with Gasteiger partial charge in [-0.3, -0.25) is 0 Å². The second-order valence-electron chi connectivity index (χ2n) is 5.36. The molecule has 2 heteroatoms. The fourth-order valence-electron chi connectivity index (χ4n) is 2.89. The van der Waals surface area contributed by atoms with Gasteiger partial charge in [0.1, 0.15) is 5.67 Å². The highest BCUT2D eigenvalue weighted by Crippen LogP contribution is 2.58. The minimum absolute atomic E-state index is 0.624. The lowest BCUT2D eigenvalue weighted by molar-refractivity contribution is 0.288. The molecule has 0 heterocycles. The van der Waals surface area contributed by atoms with E-state index < -0.39 is 5.67 Å². The van der Waals surface area contributed by atoms with Gasteiger partial charge in [-0.1, -0.05) is 12.8 Å². The number of nitrogens with one attached hydrogen (secondary N) is 1. The van der Waals surface area contributed by atoms with Gasteiger partial charge in [0, 0.05) is 12.6 Å². The molecule has 3 aliphatic rings.